The number of rotatable bonds is 4. The minimum atomic E-state index is -0.393. The van der Waals surface area contributed by atoms with E-state index in [1.165, 1.54) is 49.7 Å². The Kier molecular flexibility index (Phi) is 5.28. The Bertz CT molecular complexity index is 2920. The maximum Gasteiger partial charge on any atom is 0.0629 e. The molecule has 10 rings (SSSR count). The first-order valence-electron chi connectivity index (χ1n) is 19.2. The first kappa shape index (κ1) is 23.1. The molecule has 0 heterocycles. The van der Waals surface area contributed by atoms with Gasteiger partial charge in [0.25, 0.3) is 0 Å². The fraction of sp³-hybridized carbons (Fsp3) is 0.0204. The zero-order chi connectivity index (χ0) is 36.7. The highest BCUT2D eigenvalue weighted by Gasteiger charge is 2.25. The molecule has 0 saturated heterocycles. The lowest BCUT2D eigenvalue weighted by Crippen LogP contribution is -1.93. The van der Waals surface area contributed by atoms with Gasteiger partial charge in [-0.3, -0.25) is 0 Å². The van der Waals surface area contributed by atoms with Crippen molar-refractivity contribution in [2.24, 2.45) is 0 Å². The molecule has 0 atom stereocenters. The highest BCUT2D eigenvalue weighted by Crippen LogP contribution is 2.49. The Morgan fingerprint density at radius 1 is 0.327 bits per heavy atom. The van der Waals surface area contributed by atoms with Crippen molar-refractivity contribution in [3.8, 4) is 55.6 Å². The minimum Gasteiger partial charge on any atom is -0.0622 e. The minimum absolute atomic E-state index is 0.202. The molecule has 9 aromatic carbocycles. The fourth-order valence-corrected chi connectivity index (χ4v) is 8.09. The van der Waals surface area contributed by atoms with Gasteiger partial charge >= 0.3 is 0 Å². The van der Waals surface area contributed by atoms with Crippen molar-refractivity contribution >= 4 is 32.3 Å². The largest absolute Gasteiger partial charge is 0.0629 e. The fourth-order valence-electron chi connectivity index (χ4n) is 8.09. The summed E-state index contributed by atoms with van der Waals surface area (Å²) in [7, 11) is 0. The van der Waals surface area contributed by atoms with E-state index >= 15 is 0 Å². The van der Waals surface area contributed by atoms with Gasteiger partial charge in [0.2, 0.25) is 0 Å². The molecule has 0 nitrogen and oxygen atoms in total. The van der Waals surface area contributed by atoms with Gasteiger partial charge in [-0.2, -0.15) is 0 Å². The van der Waals surface area contributed by atoms with Crippen LogP contribution in [0.2, 0.25) is 0 Å². The summed E-state index contributed by atoms with van der Waals surface area (Å²) in [4.78, 5) is 0. The van der Waals surface area contributed by atoms with E-state index in [1.54, 1.807) is 0 Å². The summed E-state index contributed by atoms with van der Waals surface area (Å²) in [6.07, 6.45) is 0.918. The second-order valence-corrected chi connectivity index (χ2v) is 12.8. The third-order valence-corrected chi connectivity index (χ3v) is 10.2. The quantitative estimate of drug-likeness (QED) is 0.171. The summed E-state index contributed by atoms with van der Waals surface area (Å²) in [5.74, 6) is 0. The first-order chi connectivity index (χ1) is 26.4. The third-order valence-electron chi connectivity index (χ3n) is 10.2. The van der Waals surface area contributed by atoms with Crippen molar-refractivity contribution in [1.82, 2.24) is 0 Å². The van der Waals surface area contributed by atoms with Gasteiger partial charge in [-0.15, -0.1) is 0 Å². The van der Waals surface area contributed by atoms with Crippen LogP contribution in [0.3, 0.4) is 0 Å². The Balaban J connectivity index is 1.20. The molecule has 0 unspecified atom stereocenters. The van der Waals surface area contributed by atoms with Crippen LogP contribution in [0.1, 0.15) is 18.0 Å². The van der Waals surface area contributed by atoms with E-state index in [4.69, 9.17) is 6.85 Å². The van der Waals surface area contributed by atoms with E-state index in [0.717, 1.165) is 44.7 Å². The molecule has 0 fully saturated rings. The number of hydrogen-bond donors (Lipinski definition) is 0. The number of benzene rings is 9. The van der Waals surface area contributed by atoms with Gasteiger partial charge in [0.15, 0.2) is 0 Å². The molecule has 228 valence electrons. The van der Waals surface area contributed by atoms with Crippen LogP contribution >= 0.6 is 0 Å². The van der Waals surface area contributed by atoms with Crippen LogP contribution in [0, 0.1) is 0 Å². The molecule has 1 aliphatic rings. The summed E-state index contributed by atoms with van der Waals surface area (Å²) >= 11 is 0. The Morgan fingerprint density at radius 2 is 0.878 bits per heavy atom. The lowest BCUT2D eigenvalue weighted by Gasteiger charge is -2.19. The standard InChI is InChI=1S/C49H32/c1-2-14-34(15-3-1)46-42-20-8-10-22-44(42)47(45-23-11-9-21-43(45)46)35-27-25-33(26-28-35)40-30-29-37-31-36-16-5-7-19-39(36)48(37)49(40)41-24-12-17-32-13-4-6-18-38(32)41/h1-30H,31H2/i1D,2D,3D,14D,15D. The smallest absolute Gasteiger partial charge is 0.0622 e. The second-order valence-electron chi connectivity index (χ2n) is 12.8. The van der Waals surface area contributed by atoms with Crippen LogP contribution < -0.4 is 0 Å². The van der Waals surface area contributed by atoms with Crippen molar-refractivity contribution in [3.63, 3.8) is 0 Å². The van der Waals surface area contributed by atoms with E-state index in [-0.39, 0.29) is 29.7 Å². The molecule has 0 spiro atoms. The average molecular weight is 626 g/mol. The van der Waals surface area contributed by atoms with Crippen LogP contribution in [0.4, 0.5) is 0 Å². The van der Waals surface area contributed by atoms with Gasteiger partial charge < -0.3 is 0 Å². The van der Waals surface area contributed by atoms with Crippen LogP contribution in [-0.4, -0.2) is 0 Å². The molecule has 49 heavy (non-hydrogen) atoms. The highest BCUT2D eigenvalue weighted by molar-refractivity contribution is 6.21. The summed E-state index contributed by atoms with van der Waals surface area (Å²) in [6, 6.07) is 52.0. The molecule has 1 aliphatic carbocycles. The molecule has 0 bridgehead atoms. The van der Waals surface area contributed by atoms with E-state index in [0.29, 0.717) is 5.56 Å². The van der Waals surface area contributed by atoms with Gasteiger partial charge in [0, 0.05) is 0 Å². The predicted octanol–water partition coefficient (Wildman–Crippen LogP) is 13.4. The first-order valence-corrected chi connectivity index (χ1v) is 16.7. The molecular formula is C49H32. The van der Waals surface area contributed by atoms with Crippen molar-refractivity contribution in [2.45, 2.75) is 6.42 Å². The van der Waals surface area contributed by atoms with Gasteiger partial charge in [-0.1, -0.05) is 182 Å². The van der Waals surface area contributed by atoms with E-state index < -0.39 is 6.04 Å². The molecule has 0 amide bonds. The molecule has 0 aliphatic heterocycles. The van der Waals surface area contributed by atoms with Crippen LogP contribution in [0.25, 0.3) is 88.0 Å². The van der Waals surface area contributed by atoms with Gasteiger partial charge in [0.1, 0.15) is 0 Å². The maximum absolute atomic E-state index is 8.88. The Hall–Kier alpha value is -6.24. The van der Waals surface area contributed by atoms with Crippen molar-refractivity contribution in [2.75, 3.05) is 0 Å². The summed E-state index contributed by atoms with van der Waals surface area (Å²) in [5, 5.41) is 6.03. The highest BCUT2D eigenvalue weighted by atomic mass is 14.3. The average Bonchev–Trinajstić information content (AvgIpc) is 3.60. The zero-order valence-electron chi connectivity index (χ0n) is 31.6. The Labute approximate surface area is 293 Å². The summed E-state index contributed by atoms with van der Waals surface area (Å²) < 4.78 is 42.9. The monoisotopic (exact) mass is 625 g/mol. The van der Waals surface area contributed by atoms with Crippen LogP contribution in [0.5, 0.6) is 0 Å². The maximum atomic E-state index is 8.88. The number of fused-ring (bicyclic) bond motifs is 6. The summed E-state index contributed by atoms with van der Waals surface area (Å²) in [5.41, 5.74) is 13.0. The van der Waals surface area contributed by atoms with E-state index in [2.05, 4.69) is 115 Å². The van der Waals surface area contributed by atoms with E-state index in [9.17, 15) is 0 Å². The van der Waals surface area contributed by atoms with Crippen molar-refractivity contribution in [1.29, 1.82) is 0 Å². The lowest BCUT2D eigenvalue weighted by atomic mass is 9.84. The lowest BCUT2D eigenvalue weighted by molar-refractivity contribution is 1.26. The second kappa shape index (κ2) is 11.2. The zero-order valence-corrected chi connectivity index (χ0v) is 26.6. The van der Waals surface area contributed by atoms with Gasteiger partial charge in [-0.05, 0) is 105 Å². The van der Waals surface area contributed by atoms with Crippen molar-refractivity contribution < 1.29 is 6.85 Å². The van der Waals surface area contributed by atoms with Gasteiger partial charge in [-0.25, -0.2) is 0 Å². The molecular weight excluding hydrogens is 589 g/mol. The van der Waals surface area contributed by atoms with Crippen LogP contribution in [0.15, 0.2) is 182 Å². The molecule has 0 aromatic heterocycles. The van der Waals surface area contributed by atoms with Gasteiger partial charge in [0.05, 0.1) is 6.85 Å². The predicted molar refractivity (Wildman–Crippen MR) is 209 cm³/mol. The summed E-state index contributed by atoms with van der Waals surface area (Å²) in [6.45, 7) is 0. The van der Waals surface area contributed by atoms with Crippen LogP contribution in [-0.2, 0) is 6.42 Å². The topological polar surface area (TPSA) is 0 Å². The third kappa shape index (κ3) is 4.38. The van der Waals surface area contributed by atoms with Crippen molar-refractivity contribution in [3.05, 3.63) is 193 Å². The normalized spacial score (nSPS) is 13.4. The Morgan fingerprint density at radius 3 is 1.59 bits per heavy atom. The molecule has 0 heteroatoms. The number of hydrogen-bond acceptors (Lipinski definition) is 0. The molecule has 9 aromatic rings. The molecule has 0 radical (unpaired) electrons. The SMILES string of the molecule is [2H]c1c([2H])c([2H])c(-c2c3ccccc3c(-c3ccc(-c4ccc5c(c4-c4cccc6ccccc46)-c4ccccc4C5)cc3)c3ccccc23)c([2H])c1[2H]. The van der Waals surface area contributed by atoms with E-state index in [1.807, 2.05) is 36.4 Å². The molecule has 0 saturated carbocycles. The molecule has 0 N–H and O–H groups in total.